The molecule has 19 heavy (non-hydrogen) atoms. The summed E-state index contributed by atoms with van der Waals surface area (Å²) in [4.78, 5) is 0. The Labute approximate surface area is 114 Å². The zero-order valence-corrected chi connectivity index (χ0v) is 12.0. The maximum absolute atomic E-state index is 10.9. The molecule has 0 radical (unpaired) electrons. The monoisotopic (exact) mass is 287 g/mol. The second kappa shape index (κ2) is 8.90. The predicted octanol–water partition coefficient (Wildman–Crippen LogP) is 0.716. The third-order valence-corrected chi connectivity index (χ3v) is 3.26. The number of ether oxygens (including phenoxy) is 2. The Bertz CT molecular complexity index is 433. The van der Waals surface area contributed by atoms with E-state index >= 15 is 0 Å². The number of rotatable bonds is 10. The van der Waals surface area contributed by atoms with Gasteiger partial charge in [0.1, 0.15) is 22.2 Å². The van der Waals surface area contributed by atoms with Gasteiger partial charge in [0, 0.05) is 19.3 Å². The van der Waals surface area contributed by atoms with E-state index in [9.17, 15) is 8.42 Å². The zero-order valence-electron chi connectivity index (χ0n) is 11.2. The SMILES string of the molecule is CS(=O)(=O)CCNCCOCCOc1ccccc1. The van der Waals surface area contributed by atoms with E-state index in [0.717, 1.165) is 5.75 Å². The van der Waals surface area contributed by atoms with Crippen molar-refractivity contribution in [1.82, 2.24) is 5.32 Å². The molecule has 0 atom stereocenters. The standard InChI is InChI=1S/C13H21NO4S/c1-19(15,16)12-8-14-7-9-17-10-11-18-13-5-3-2-4-6-13/h2-6,14H,7-12H2,1H3. The van der Waals surface area contributed by atoms with Crippen molar-refractivity contribution in [3.8, 4) is 5.75 Å². The van der Waals surface area contributed by atoms with Crippen LogP contribution in [-0.4, -0.2) is 53.3 Å². The number of hydrogen-bond acceptors (Lipinski definition) is 5. The minimum atomic E-state index is -2.88. The lowest BCUT2D eigenvalue weighted by atomic mass is 10.3. The second-order valence-electron chi connectivity index (χ2n) is 4.15. The van der Waals surface area contributed by atoms with Crippen molar-refractivity contribution in [2.75, 3.05) is 44.9 Å². The number of para-hydroxylation sites is 1. The molecular formula is C13H21NO4S. The molecule has 0 aliphatic heterocycles. The summed E-state index contributed by atoms with van der Waals surface area (Å²) in [5.41, 5.74) is 0. The molecule has 1 rings (SSSR count). The molecule has 6 heteroatoms. The van der Waals surface area contributed by atoms with Gasteiger partial charge in [0.2, 0.25) is 0 Å². The average molecular weight is 287 g/mol. The van der Waals surface area contributed by atoms with Gasteiger partial charge in [0.15, 0.2) is 0 Å². The quantitative estimate of drug-likeness (QED) is 0.642. The highest BCUT2D eigenvalue weighted by Gasteiger charge is 2.00. The lowest BCUT2D eigenvalue weighted by molar-refractivity contribution is 0.102. The molecule has 0 aromatic heterocycles. The summed E-state index contributed by atoms with van der Waals surface area (Å²) in [6, 6.07) is 9.56. The Morgan fingerprint density at radius 3 is 2.47 bits per heavy atom. The van der Waals surface area contributed by atoms with Gasteiger partial charge in [-0.05, 0) is 12.1 Å². The van der Waals surface area contributed by atoms with E-state index in [-0.39, 0.29) is 5.75 Å². The smallest absolute Gasteiger partial charge is 0.148 e. The summed E-state index contributed by atoms with van der Waals surface area (Å²) in [5, 5.41) is 3.01. The third kappa shape index (κ3) is 9.47. The molecule has 0 fully saturated rings. The minimum absolute atomic E-state index is 0.157. The number of nitrogens with one attached hydrogen (secondary N) is 1. The van der Waals surface area contributed by atoms with Gasteiger partial charge in [-0.15, -0.1) is 0 Å². The van der Waals surface area contributed by atoms with Crippen LogP contribution in [-0.2, 0) is 14.6 Å². The van der Waals surface area contributed by atoms with Gasteiger partial charge in [0.25, 0.3) is 0 Å². The van der Waals surface area contributed by atoms with E-state index in [0.29, 0.717) is 32.9 Å². The molecule has 0 amide bonds. The first-order valence-electron chi connectivity index (χ1n) is 6.22. The van der Waals surface area contributed by atoms with Crippen molar-refractivity contribution >= 4 is 9.84 Å². The molecule has 0 unspecified atom stereocenters. The first kappa shape index (κ1) is 15.9. The second-order valence-corrected chi connectivity index (χ2v) is 6.41. The van der Waals surface area contributed by atoms with Crippen LogP contribution < -0.4 is 10.1 Å². The summed E-state index contributed by atoms with van der Waals surface area (Å²) in [5.74, 6) is 0.988. The molecule has 1 aromatic carbocycles. The van der Waals surface area contributed by atoms with Crippen molar-refractivity contribution in [3.05, 3.63) is 30.3 Å². The summed E-state index contributed by atoms with van der Waals surface area (Å²) in [7, 11) is -2.88. The fraction of sp³-hybridized carbons (Fsp3) is 0.538. The molecule has 0 aliphatic carbocycles. The van der Waals surface area contributed by atoms with E-state index < -0.39 is 9.84 Å². The lowest BCUT2D eigenvalue weighted by Gasteiger charge is -2.07. The molecule has 0 bridgehead atoms. The largest absolute Gasteiger partial charge is 0.491 e. The van der Waals surface area contributed by atoms with Gasteiger partial charge in [-0.2, -0.15) is 0 Å². The lowest BCUT2D eigenvalue weighted by Crippen LogP contribution is -2.26. The summed E-state index contributed by atoms with van der Waals surface area (Å²) in [6.07, 6.45) is 1.23. The average Bonchev–Trinajstić information content (AvgIpc) is 2.37. The van der Waals surface area contributed by atoms with E-state index in [1.807, 2.05) is 30.3 Å². The molecule has 0 saturated carbocycles. The molecule has 1 aromatic rings. The van der Waals surface area contributed by atoms with Crippen molar-refractivity contribution < 1.29 is 17.9 Å². The highest BCUT2D eigenvalue weighted by atomic mass is 32.2. The van der Waals surface area contributed by atoms with Gasteiger partial charge in [-0.1, -0.05) is 18.2 Å². The first-order valence-corrected chi connectivity index (χ1v) is 8.28. The minimum Gasteiger partial charge on any atom is -0.491 e. The van der Waals surface area contributed by atoms with Crippen LogP contribution in [0.5, 0.6) is 5.75 Å². The molecule has 0 spiro atoms. The fourth-order valence-electron chi connectivity index (χ4n) is 1.36. The van der Waals surface area contributed by atoms with Gasteiger partial charge in [-0.25, -0.2) is 8.42 Å². The maximum atomic E-state index is 10.9. The predicted molar refractivity (Wildman–Crippen MR) is 75.3 cm³/mol. The van der Waals surface area contributed by atoms with Crippen molar-refractivity contribution in [2.45, 2.75) is 0 Å². The summed E-state index contributed by atoms with van der Waals surface area (Å²) >= 11 is 0. The molecule has 0 aliphatic rings. The van der Waals surface area contributed by atoms with E-state index in [1.165, 1.54) is 6.26 Å². The molecule has 5 nitrogen and oxygen atoms in total. The number of hydrogen-bond donors (Lipinski definition) is 1. The van der Waals surface area contributed by atoms with Crippen LogP contribution in [0.3, 0.4) is 0 Å². The number of sulfone groups is 1. The van der Waals surface area contributed by atoms with Crippen molar-refractivity contribution in [2.24, 2.45) is 0 Å². The zero-order chi connectivity index (χ0) is 14.0. The van der Waals surface area contributed by atoms with Crippen LogP contribution in [0.25, 0.3) is 0 Å². The fourth-order valence-corrected chi connectivity index (χ4v) is 1.88. The molecular weight excluding hydrogens is 266 g/mol. The van der Waals surface area contributed by atoms with Crippen LogP contribution in [0.4, 0.5) is 0 Å². The maximum Gasteiger partial charge on any atom is 0.148 e. The van der Waals surface area contributed by atoms with Gasteiger partial charge in [-0.3, -0.25) is 0 Å². The Morgan fingerprint density at radius 1 is 1.05 bits per heavy atom. The van der Waals surface area contributed by atoms with E-state index in [1.54, 1.807) is 0 Å². The van der Waals surface area contributed by atoms with Crippen LogP contribution in [0.1, 0.15) is 0 Å². The van der Waals surface area contributed by atoms with Crippen LogP contribution >= 0.6 is 0 Å². The molecule has 0 saturated heterocycles. The van der Waals surface area contributed by atoms with Crippen molar-refractivity contribution in [3.63, 3.8) is 0 Å². The summed E-state index contributed by atoms with van der Waals surface area (Å²) < 4.78 is 32.5. The van der Waals surface area contributed by atoms with Gasteiger partial charge >= 0.3 is 0 Å². The first-order chi connectivity index (χ1) is 9.08. The Morgan fingerprint density at radius 2 is 1.79 bits per heavy atom. The normalized spacial score (nSPS) is 11.4. The van der Waals surface area contributed by atoms with Gasteiger partial charge in [0.05, 0.1) is 19.0 Å². The Kier molecular flexibility index (Phi) is 7.47. The number of benzene rings is 1. The van der Waals surface area contributed by atoms with Crippen molar-refractivity contribution in [1.29, 1.82) is 0 Å². The Balaban J connectivity index is 1.89. The molecule has 108 valence electrons. The highest BCUT2D eigenvalue weighted by Crippen LogP contribution is 2.07. The Hall–Kier alpha value is -1.11. The highest BCUT2D eigenvalue weighted by molar-refractivity contribution is 7.90. The third-order valence-electron chi connectivity index (χ3n) is 2.31. The van der Waals surface area contributed by atoms with Gasteiger partial charge < -0.3 is 14.8 Å². The van der Waals surface area contributed by atoms with Crippen LogP contribution in [0.15, 0.2) is 30.3 Å². The van der Waals surface area contributed by atoms with E-state index in [4.69, 9.17) is 9.47 Å². The molecule has 0 heterocycles. The van der Waals surface area contributed by atoms with Crippen LogP contribution in [0, 0.1) is 0 Å². The van der Waals surface area contributed by atoms with Crippen LogP contribution in [0.2, 0.25) is 0 Å². The molecule has 1 N–H and O–H groups in total. The summed E-state index contributed by atoms with van der Waals surface area (Å²) in [6.45, 7) is 2.67. The topological polar surface area (TPSA) is 64.6 Å². The van der Waals surface area contributed by atoms with E-state index in [2.05, 4.69) is 5.32 Å².